The van der Waals surface area contributed by atoms with Gasteiger partial charge in [-0.2, -0.15) is 0 Å². The molecule has 5 nitrogen and oxygen atoms in total. The highest BCUT2D eigenvalue weighted by Gasteiger charge is 2.24. The van der Waals surface area contributed by atoms with Crippen molar-refractivity contribution in [3.63, 3.8) is 0 Å². The van der Waals surface area contributed by atoms with Crippen molar-refractivity contribution in [3.05, 3.63) is 60.4 Å². The summed E-state index contributed by atoms with van der Waals surface area (Å²) in [5.41, 5.74) is 9.09. The highest BCUT2D eigenvalue weighted by molar-refractivity contribution is 6.07. The van der Waals surface area contributed by atoms with Crippen LogP contribution in [0, 0.1) is 5.92 Å². The first-order valence-corrected chi connectivity index (χ1v) is 9.06. The normalized spacial score (nSPS) is 15.3. The zero-order chi connectivity index (χ0) is 17.9. The summed E-state index contributed by atoms with van der Waals surface area (Å²) in [6, 6.07) is 13.6. The summed E-state index contributed by atoms with van der Waals surface area (Å²) in [5, 5.41) is 0.899. The monoisotopic (exact) mass is 346 g/mol. The summed E-state index contributed by atoms with van der Waals surface area (Å²) in [6.45, 7) is 2.23. The summed E-state index contributed by atoms with van der Waals surface area (Å²) in [6.07, 6.45) is 5.43. The van der Waals surface area contributed by atoms with Gasteiger partial charge in [-0.05, 0) is 49.6 Å². The largest absolute Gasteiger partial charge is 0.339 e. The fraction of sp³-hybridized carbons (Fsp3) is 0.286. The molecule has 2 N–H and O–H groups in total. The van der Waals surface area contributed by atoms with Crippen molar-refractivity contribution in [1.82, 2.24) is 14.9 Å². The number of nitrogens with zero attached hydrogens (tertiary/aromatic N) is 3. The maximum Gasteiger partial charge on any atom is 0.254 e. The molecule has 3 heterocycles. The summed E-state index contributed by atoms with van der Waals surface area (Å²) in [4.78, 5) is 24.0. The minimum absolute atomic E-state index is 0.0781. The topological polar surface area (TPSA) is 72.1 Å². The van der Waals surface area contributed by atoms with E-state index in [2.05, 4.69) is 4.98 Å². The van der Waals surface area contributed by atoms with E-state index in [9.17, 15) is 4.79 Å². The SMILES string of the molecule is NCC1CCN(C(=O)c2cc(-c3ccncc3)nc3ccccc23)CC1. The molecule has 0 saturated carbocycles. The number of piperidine rings is 1. The number of para-hydroxylation sites is 1. The van der Waals surface area contributed by atoms with E-state index < -0.39 is 0 Å². The van der Waals surface area contributed by atoms with Crippen molar-refractivity contribution in [1.29, 1.82) is 0 Å². The van der Waals surface area contributed by atoms with Gasteiger partial charge in [0, 0.05) is 36.4 Å². The van der Waals surface area contributed by atoms with Crippen LogP contribution in [0.4, 0.5) is 0 Å². The smallest absolute Gasteiger partial charge is 0.254 e. The Morgan fingerprint density at radius 2 is 1.85 bits per heavy atom. The van der Waals surface area contributed by atoms with Crippen molar-refractivity contribution in [2.45, 2.75) is 12.8 Å². The second-order valence-electron chi connectivity index (χ2n) is 6.78. The van der Waals surface area contributed by atoms with Gasteiger partial charge >= 0.3 is 0 Å². The van der Waals surface area contributed by atoms with Crippen molar-refractivity contribution >= 4 is 16.8 Å². The van der Waals surface area contributed by atoms with Crippen molar-refractivity contribution in [2.75, 3.05) is 19.6 Å². The molecule has 4 rings (SSSR count). The van der Waals surface area contributed by atoms with Crippen molar-refractivity contribution in [3.8, 4) is 11.3 Å². The average molecular weight is 346 g/mol. The molecule has 1 saturated heterocycles. The van der Waals surface area contributed by atoms with E-state index in [0.717, 1.165) is 48.1 Å². The Bertz CT molecular complexity index is 918. The first kappa shape index (κ1) is 16.7. The molecule has 1 aromatic carbocycles. The third-order valence-corrected chi connectivity index (χ3v) is 5.16. The molecule has 1 amide bonds. The second-order valence-corrected chi connectivity index (χ2v) is 6.78. The lowest BCUT2D eigenvalue weighted by molar-refractivity contribution is 0.0695. The Morgan fingerprint density at radius 1 is 1.12 bits per heavy atom. The number of likely N-dealkylation sites (tertiary alicyclic amines) is 1. The van der Waals surface area contributed by atoms with Gasteiger partial charge in [0.05, 0.1) is 16.8 Å². The minimum atomic E-state index is 0.0781. The fourth-order valence-corrected chi connectivity index (χ4v) is 3.57. The predicted molar refractivity (Wildman–Crippen MR) is 103 cm³/mol. The minimum Gasteiger partial charge on any atom is -0.339 e. The van der Waals surface area contributed by atoms with Crippen LogP contribution in [-0.4, -0.2) is 40.4 Å². The number of benzene rings is 1. The van der Waals surface area contributed by atoms with Crippen LogP contribution >= 0.6 is 0 Å². The zero-order valence-electron chi connectivity index (χ0n) is 14.6. The van der Waals surface area contributed by atoms with Gasteiger partial charge in [0.2, 0.25) is 0 Å². The Labute approximate surface area is 152 Å². The van der Waals surface area contributed by atoms with Gasteiger partial charge < -0.3 is 10.6 Å². The van der Waals surface area contributed by atoms with Gasteiger partial charge in [-0.3, -0.25) is 9.78 Å². The van der Waals surface area contributed by atoms with Crippen LogP contribution in [0.25, 0.3) is 22.2 Å². The number of nitrogens with two attached hydrogens (primary N) is 1. The molecule has 1 fully saturated rings. The van der Waals surface area contributed by atoms with E-state index in [4.69, 9.17) is 10.7 Å². The van der Waals surface area contributed by atoms with Crippen molar-refractivity contribution < 1.29 is 4.79 Å². The maximum absolute atomic E-state index is 13.2. The van der Waals surface area contributed by atoms with Gasteiger partial charge in [-0.1, -0.05) is 18.2 Å². The Morgan fingerprint density at radius 3 is 2.58 bits per heavy atom. The lowest BCUT2D eigenvalue weighted by Gasteiger charge is -2.31. The van der Waals surface area contributed by atoms with Gasteiger partial charge in [-0.25, -0.2) is 4.98 Å². The lowest BCUT2D eigenvalue weighted by Crippen LogP contribution is -2.40. The predicted octanol–water partition coefficient (Wildman–Crippen LogP) is 3.11. The van der Waals surface area contributed by atoms with E-state index >= 15 is 0 Å². The summed E-state index contributed by atoms with van der Waals surface area (Å²) < 4.78 is 0. The van der Waals surface area contributed by atoms with Gasteiger partial charge in [0.15, 0.2) is 0 Å². The second kappa shape index (κ2) is 7.22. The maximum atomic E-state index is 13.2. The van der Waals surface area contributed by atoms with Crippen LogP contribution in [-0.2, 0) is 0 Å². The molecule has 26 heavy (non-hydrogen) atoms. The van der Waals surface area contributed by atoms with Gasteiger partial charge in [0.1, 0.15) is 0 Å². The molecule has 5 heteroatoms. The Kier molecular flexibility index (Phi) is 4.63. The molecule has 0 radical (unpaired) electrons. The molecule has 3 aromatic rings. The number of hydrogen-bond donors (Lipinski definition) is 1. The molecule has 1 aliphatic heterocycles. The first-order valence-electron chi connectivity index (χ1n) is 9.06. The van der Waals surface area contributed by atoms with Crippen LogP contribution < -0.4 is 5.73 Å². The molecule has 132 valence electrons. The molecule has 0 spiro atoms. The van der Waals surface area contributed by atoms with Crippen LogP contribution in [0.15, 0.2) is 54.9 Å². The number of fused-ring (bicyclic) bond motifs is 1. The number of aromatic nitrogens is 2. The third kappa shape index (κ3) is 3.18. The molecule has 0 aliphatic carbocycles. The standard InChI is InChI=1S/C21H22N4O/c22-14-15-7-11-25(12-8-15)21(26)18-13-20(16-5-9-23-10-6-16)24-19-4-2-1-3-17(18)19/h1-6,9-10,13,15H,7-8,11-12,14,22H2. The molecule has 0 unspecified atom stereocenters. The molecule has 0 bridgehead atoms. The zero-order valence-corrected chi connectivity index (χ0v) is 14.6. The van der Waals surface area contributed by atoms with E-state index in [1.807, 2.05) is 47.4 Å². The number of carbonyl (C=O) groups excluding carboxylic acids is 1. The third-order valence-electron chi connectivity index (χ3n) is 5.16. The van der Waals surface area contributed by atoms with E-state index in [1.165, 1.54) is 0 Å². The van der Waals surface area contributed by atoms with E-state index in [0.29, 0.717) is 18.0 Å². The first-order chi connectivity index (χ1) is 12.8. The molecular formula is C21H22N4O. The van der Waals surface area contributed by atoms with Gasteiger partial charge in [-0.15, -0.1) is 0 Å². The highest BCUT2D eigenvalue weighted by Crippen LogP contribution is 2.27. The quantitative estimate of drug-likeness (QED) is 0.791. The number of pyridine rings is 2. The lowest BCUT2D eigenvalue weighted by atomic mass is 9.96. The van der Waals surface area contributed by atoms with Crippen LogP contribution in [0.3, 0.4) is 0 Å². The molecule has 1 aliphatic rings. The number of rotatable bonds is 3. The Hall–Kier alpha value is -2.79. The van der Waals surface area contributed by atoms with Crippen molar-refractivity contribution in [2.24, 2.45) is 11.7 Å². The van der Waals surface area contributed by atoms with E-state index in [-0.39, 0.29) is 5.91 Å². The van der Waals surface area contributed by atoms with E-state index in [1.54, 1.807) is 12.4 Å². The van der Waals surface area contributed by atoms with Crippen LogP contribution in [0.1, 0.15) is 23.2 Å². The molecule has 2 aromatic heterocycles. The number of hydrogen-bond acceptors (Lipinski definition) is 4. The summed E-state index contributed by atoms with van der Waals surface area (Å²) >= 11 is 0. The van der Waals surface area contributed by atoms with Crippen LogP contribution in [0.2, 0.25) is 0 Å². The van der Waals surface area contributed by atoms with Gasteiger partial charge in [0.25, 0.3) is 5.91 Å². The number of amides is 1. The highest BCUT2D eigenvalue weighted by atomic mass is 16.2. The van der Waals surface area contributed by atoms with Crippen LogP contribution in [0.5, 0.6) is 0 Å². The summed E-state index contributed by atoms with van der Waals surface area (Å²) in [7, 11) is 0. The Balaban J connectivity index is 1.75. The molecular weight excluding hydrogens is 324 g/mol. The average Bonchev–Trinajstić information content (AvgIpc) is 2.73. The number of carbonyl (C=O) groups is 1. The summed E-state index contributed by atoms with van der Waals surface area (Å²) in [5.74, 6) is 0.606. The molecule has 0 atom stereocenters. The fourth-order valence-electron chi connectivity index (χ4n) is 3.57.